The summed E-state index contributed by atoms with van der Waals surface area (Å²) in [5, 5.41) is 10.3. The van der Waals surface area contributed by atoms with Crippen LogP contribution < -0.4 is 0 Å². The molecular formula is C19H27NO2. The van der Waals surface area contributed by atoms with E-state index in [-0.39, 0.29) is 5.91 Å². The lowest BCUT2D eigenvalue weighted by atomic mass is 9.90. The first-order valence-electron chi connectivity index (χ1n) is 8.71. The van der Waals surface area contributed by atoms with E-state index in [0.29, 0.717) is 12.3 Å². The zero-order chi connectivity index (χ0) is 15.4. The molecule has 1 aromatic carbocycles. The molecule has 1 aliphatic heterocycles. The Labute approximate surface area is 133 Å². The number of aliphatic hydroxyl groups is 1. The molecule has 120 valence electrons. The van der Waals surface area contributed by atoms with Crippen LogP contribution in [0.15, 0.2) is 30.3 Å². The van der Waals surface area contributed by atoms with Crippen molar-refractivity contribution < 1.29 is 9.90 Å². The van der Waals surface area contributed by atoms with Crippen LogP contribution >= 0.6 is 0 Å². The van der Waals surface area contributed by atoms with Crippen LogP contribution in [0.3, 0.4) is 0 Å². The summed E-state index contributed by atoms with van der Waals surface area (Å²) in [7, 11) is 0. The van der Waals surface area contributed by atoms with Gasteiger partial charge in [-0.2, -0.15) is 0 Å². The third-order valence-electron chi connectivity index (χ3n) is 5.25. The molecule has 0 spiro atoms. The summed E-state index contributed by atoms with van der Waals surface area (Å²) in [6.45, 7) is 1.65. The maximum Gasteiger partial charge on any atom is 0.222 e. The van der Waals surface area contributed by atoms with Gasteiger partial charge in [0.25, 0.3) is 0 Å². The molecule has 1 aliphatic carbocycles. The standard InChI is InChI=1S/C19H27NO2/c21-18(11-5-4-9-16-7-2-1-3-8-16)20-14-6-10-17(15-20)19(22)12-13-19/h1-3,7-8,17,22H,4-6,9-15H2. The highest BCUT2D eigenvalue weighted by atomic mass is 16.3. The van der Waals surface area contributed by atoms with Crippen LogP contribution in [0.4, 0.5) is 0 Å². The SMILES string of the molecule is O=C(CCCCc1ccccc1)N1CCCC(C2(O)CC2)C1. The van der Waals surface area contributed by atoms with Crippen LogP contribution in [0.1, 0.15) is 50.5 Å². The lowest BCUT2D eigenvalue weighted by molar-refractivity contribution is -0.134. The van der Waals surface area contributed by atoms with Crippen molar-refractivity contribution in [2.24, 2.45) is 5.92 Å². The maximum absolute atomic E-state index is 12.3. The van der Waals surface area contributed by atoms with Gasteiger partial charge in [-0.25, -0.2) is 0 Å². The number of amides is 1. The lowest BCUT2D eigenvalue weighted by Gasteiger charge is -2.35. The van der Waals surface area contributed by atoms with Gasteiger partial charge < -0.3 is 10.0 Å². The van der Waals surface area contributed by atoms with E-state index in [9.17, 15) is 9.90 Å². The Bertz CT molecular complexity index is 495. The first-order chi connectivity index (χ1) is 10.7. The molecule has 1 atom stereocenters. The van der Waals surface area contributed by atoms with Gasteiger partial charge in [0.05, 0.1) is 5.60 Å². The molecule has 22 heavy (non-hydrogen) atoms. The predicted octanol–water partition coefficient (Wildman–Crippen LogP) is 3.16. The third kappa shape index (κ3) is 3.89. The Hall–Kier alpha value is -1.35. The summed E-state index contributed by atoms with van der Waals surface area (Å²) in [4.78, 5) is 14.3. The molecule has 1 heterocycles. The normalized spacial score (nSPS) is 23.3. The second-order valence-electron chi connectivity index (χ2n) is 6.98. The van der Waals surface area contributed by atoms with Crippen molar-refractivity contribution in [1.82, 2.24) is 4.90 Å². The van der Waals surface area contributed by atoms with E-state index in [1.807, 2.05) is 11.0 Å². The molecule has 1 amide bonds. The van der Waals surface area contributed by atoms with Crippen LogP contribution in [0.25, 0.3) is 0 Å². The quantitative estimate of drug-likeness (QED) is 0.820. The van der Waals surface area contributed by atoms with E-state index >= 15 is 0 Å². The largest absolute Gasteiger partial charge is 0.390 e. The first kappa shape index (κ1) is 15.5. The average Bonchev–Trinajstić information content (AvgIpc) is 3.31. The molecule has 0 radical (unpaired) electrons. The predicted molar refractivity (Wildman–Crippen MR) is 87.5 cm³/mol. The zero-order valence-electron chi connectivity index (χ0n) is 13.3. The molecule has 2 aliphatic rings. The molecule has 0 bridgehead atoms. The molecular weight excluding hydrogens is 274 g/mol. The van der Waals surface area contributed by atoms with Gasteiger partial charge in [-0.3, -0.25) is 4.79 Å². The van der Waals surface area contributed by atoms with Gasteiger partial charge in [-0.1, -0.05) is 30.3 Å². The van der Waals surface area contributed by atoms with Crippen LogP contribution in [0.5, 0.6) is 0 Å². The summed E-state index contributed by atoms with van der Waals surface area (Å²) in [6, 6.07) is 10.5. The highest BCUT2D eigenvalue weighted by molar-refractivity contribution is 5.76. The van der Waals surface area contributed by atoms with Crippen molar-refractivity contribution in [3.63, 3.8) is 0 Å². The van der Waals surface area contributed by atoms with Crippen LogP contribution in [-0.2, 0) is 11.2 Å². The van der Waals surface area contributed by atoms with Crippen LogP contribution in [0, 0.1) is 5.92 Å². The third-order valence-corrected chi connectivity index (χ3v) is 5.25. The minimum Gasteiger partial charge on any atom is -0.390 e. The lowest BCUT2D eigenvalue weighted by Crippen LogP contribution is -2.44. The number of hydrogen-bond donors (Lipinski definition) is 1. The number of rotatable bonds is 6. The van der Waals surface area contributed by atoms with Crippen molar-refractivity contribution in [3.05, 3.63) is 35.9 Å². The Morgan fingerprint density at radius 2 is 2.00 bits per heavy atom. The summed E-state index contributed by atoms with van der Waals surface area (Å²) >= 11 is 0. The fraction of sp³-hybridized carbons (Fsp3) is 0.632. The fourth-order valence-electron chi connectivity index (χ4n) is 3.59. The molecule has 1 aromatic rings. The second kappa shape index (κ2) is 6.82. The number of hydrogen-bond acceptors (Lipinski definition) is 2. The summed E-state index contributed by atoms with van der Waals surface area (Å²) < 4.78 is 0. The monoisotopic (exact) mass is 301 g/mol. The minimum absolute atomic E-state index is 0.280. The topological polar surface area (TPSA) is 40.5 Å². The summed E-state index contributed by atoms with van der Waals surface area (Å²) in [5.74, 6) is 0.594. The molecule has 1 saturated heterocycles. The van der Waals surface area contributed by atoms with E-state index in [0.717, 1.165) is 58.0 Å². The number of nitrogens with zero attached hydrogens (tertiary/aromatic N) is 1. The minimum atomic E-state index is -0.438. The van der Waals surface area contributed by atoms with E-state index < -0.39 is 5.60 Å². The first-order valence-corrected chi connectivity index (χ1v) is 8.71. The second-order valence-corrected chi connectivity index (χ2v) is 6.98. The molecule has 0 aromatic heterocycles. The molecule has 3 rings (SSSR count). The number of aryl methyl sites for hydroxylation is 1. The van der Waals surface area contributed by atoms with Gasteiger partial charge in [0.1, 0.15) is 0 Å². The summed E-state index contributed by atoms with van der Waals surface area (Å²) in [5.41, 5.74) is 0.913. The Balaban J connectivity index is 1.38. The molecule has 1 unspecified atom stereocenters. The molecule has 1 N–H and O–H groups in total. The number of unbranched alkanes of at least 4 members (excludes halogenated alkanes) is 1. The van der Waals surface area contributed by atoms with E-state index in [2.05, 4.69) is 24.3 Å². The fourth-order valence-corrected chi connectivity index (χ4v) is 3.59. The van der Waals surface area contributed by atoms with E-state index in [4.69, 9.17) is 0 Å². The smallest absolute Gasteiger partial charge is 0.222 e. The van der Waals surface area contributed by atoms with Crippen molar-refractivity contribution in [2.75, 3.05) is 13.1 Å². The van der Waals surface area contributed by atoms with Gasteiger partial charge in [0, 0.05) is 25.4 Å². The van der Waals surface area contributed by atoms with Crippen LogP contribution in [0.2, 0.25) is 0 Å². The van der Waals surface area contributed by atoms with Gasteiger partial charge in [0.2, 0.25) is 5.91 Å². The van der Waals surface area contributed by atoms with Crippen molar-refractivity contribution >= 4 is 5.91 Å². The van der Waals surface area contributed by atoms with Crippen LogP contribution in [-0.4, -0.2) is 34.6 Å². The highest BCUT2D eigenvalue weighted by Gasteiger charge is 2.48. The van der Waals surface area contributed by atoms with Gasteiger partial charge in [0.15, 0.2) is 0 Å². The number of piperidine rings is 1. The van der Waals surface area contributed by atoms with Gasteiger partial charge in [-0.05, 0) is 50.5 Å². The maximum atomic E-state index is 12.3. The van der Waals surface area contributed by atoms with Crippen molar-refractivity contribution in [3.8, 4) is 0 Å². The van der Waals surface area contributed by atoms with Gasteiger partial charge >= 0.3 is 0 Å². The molecule has 3 nitrogen and oxygen atoms in total. The molecule has 3 heteroatoms. The summed E-state index contributed by atoms with van der Waals surface area (Å²) in [6.07, 6.45) is 7.70. The number of likely N-dealkylation sites (tertiary alicyclic amines) is 1. The Kier molecular flexibility index (Phi) is 4.82. The Morgan fingerprint density at radius 3 is 2.73 bits per heavy atom. The average molecular weight is 301 g/mol. The van der Waals surface area contributed by atoms with Crippen molar-refractivity contribution in [2.45, 2.75) is 57.0 Å². The van der Waals surface area contributed by atoms with Crippen molar-refractivity contribution in [1.29, 1.82) is 0 Å². The molecule has 1 saturated carbocycles. The van der Waals surface area contributed by atoms with Gasteiger partial charge in [-0.15, -0.1) is 0 Å². The zero-order valence-corrected chi connectivity index (χ0v) is 13.3. The highest BCUT2D eigenvalue weighted by Crippen LogP contribution is 2.45. The number of carbonyl (C=O) groups is 1. The van der Waals surface area contributed by atoms with E-state index in [1.165, 1.54) is 5.56 Å². The number of carbonyl (C=O) groups excluding carboxylic acids is 1. The van der Waals surface area contributed by atoms with E-state index in [1.54, 1.807) is 0 Å². The number of benzene rings is 1. The molecule has 2 fully saturated rings. The Morgan fingerprint density at radius 1 is 1.23 bits per heavy atom.